The van der Waals surface area contributed by atoms with Crippen molar-refractivity contribution in [1.82, 2.24) is 4.90 Å². The minimum absolute atomic E-state index is 0.0194. The number of hydrogen-bond donors (Lipinski definition) is 3. The molecule has 3 aromatic rings. The van der Waals surface area contributed by atoms with Gasteiger partial charge in [-0.1, -0.05) is 30.1 Å². The summed E-state index contributed by atoms with van der Waals surface area (Å²) in [6.45, 7) is 4.71. The van der Waals surface area contributed by atoms with Gasteiger partial charge in [0.1, 0.15) is 29.9 Å². The van der Waals surface area contributed by atoms with E-state index in [-0.39, 0.29) is 94.5 Å². The van der Waals surface area contributed by atoms with Gasteiger partial charge in [0.25, 0.3) is 5.69 Å². The van der Waals surface area contributed by atoms with Crippen molar-refractivity contribution < 1.29 is 48.8 Å². The molecule has 4 aliphatic rings. The molecule has 15 heteroatoms. The minimum atomic E-state index is -1.43. The fraction of sp³-hybridized carbons (Fsp3) is 0.510. The van der Waals surface area contributed by atoms with Gasteiger partial charge in [0.2, 0.25) is 11.7 Å². The Morgan fingerprint density at radius 3 is 2.39 bits per heavy atom. The predicted octanol–water partition coefficient (Wildman–Crippen LogP) is 8.19. The third-order valence-electron chi connectivity index (χ3n) is 12.8. The maximum Gasteiger partial charge on any atom is 0.269 e. The minimum Gasteiger partial charge on any atom is -0.459 e. The third kappa shape index (κ3) is 10.8. The Labute approximate surface area is 379 Å². The molecule has 0 aromatic heterocycles. The second kappa shape index (κ2) is 22.4. The summed E-state index contributed by atoms with van der Waals surface area (Å²) in [5, 5.41) is 45.7. The van der Waals surface area contributed by atoms with Gasteiger partial charge in [-0.15, -0.1) is 18.3 Å². The zero-order chi connectivity index (χ0) is 45.1. The number of rotatable bonds is 25. The van der Waals surface area contributed by atoms with Gasteiger partial charge in [-0.25, -0.2) is 0 Å². The molecule has 0 saturated heterocycles. The molecule has 2 saturated carbocycles. The zero-order valence-electron chi connectivity index (χ0n) is 36.6. The average Bonchev–Trinajstić information content (AvgIpc) is 4.16. The van der Waals surface area contributed by atoms with Crippen LogP contribution >= 0.6 is 11.8 Å². The van der Waals surface area contributed by atoms with Crippen LogP contribution in [0, 0.1) is 33.8 Å². The molecule has 0 radical (unpaired) electrons. The second-order valence-corrected chi connectivity index (χ2v) is 17.8. The highest BCUT2D eigenvalue weighted by Crippen LogP contribution is 2.62. The van der Waals surface area contributed by atoms with Crippen LogP contribution in [0.4, 0.5) is 5.69 Å². The van der Waals surface area contributed by atoms with Gasteiger partial charge in [0.05, 0.1) is 43.0 Å². The Kier molecular flexibility index (Phi) is 16.5. The van der Waals surface area contributed by atoms with Crippen molar-refractivity contribution in [3.63, 3.8) is 0 Å². The number of nitrogens with zero attached hydrogens (tertiary/aromatic N) is 3. The van der Waals surface area contributed by atoms with Gasteiger partial charge in [0.15, 0.2) is 0 Å². The highest BCUT2D eigenvalue weighted by molar-refractivity contribution is 7.98. The van der Waals surface area contributed by atoms with Crippen molar-refractivity contribution in [3.8, 4) is 17.2 Å². The van der Waals surface area contributed by atoms with Crippen LogP contribution in [0.5, 0.6) is 17.2 Å². The van der Waals surface area contributed by atoms with E-state index in [2.05, 4.69) is 18.7 Å². The number of aliphatic hydroxyl groups excluding tert-OH is 3. The number of carbonyl (C=O) groups is 1. The lowest BCUT2D eigenvalue weighted by Crippen LogP contribution is -2.70. The Morgan fingerprint density at radius 2 is 1.72 bits per heavy atom. The van der Waals surface area contributed by atoms with Crippen LogP contribution in [-0.2, 0) is 25.7 Å². The highest BCUT2D eigenvalue weighted by Gasteiger charge is 2.66. The molecule has 0 bridgehead atoms. The lowest BCUT2D eigenvalue weighted by Gasteiger charge is -2.60. The first-order chi connectivity index (χ1) is 31.2. The normalized spacial score (nSPS) is 23.9. The number of fused-ring (bicyclic) bond motifs is 2. The maximum atomic E-state index is 14.6. The van der Waals surface area contributed by atoms with Crippen LogP contribution < -0.4 is 9.47 Å². The summed E-state index contributed by atoms with van der Waals surface area (Å²) >= 11 is 1.66. The van der Waals surface area contributed by atoms with E-state index >= 15 is 0 Å². The Morgan fingerprint density at radius 1 is 0.984 bits per heavy atom. The van der Waals surface area contributed by atoms with Crippen molar-refractivity contribution in [1.29, 1.82) is 0 Å². The molecule has 6 unspecified atom stereocenters. The fourth-order valence-corrected chi connectivity index (χ4v) is 10.1. The van der Waals surface area contributed by atoms with Gasteiger partial charge >= 0.3 is 0 Å². The number of nitro groups is 1. The van der Waals surface area contributed by atoms with Crippen LogP contribution in [0.3, 0.4) is 0 Å². The topological polar surface area (TPSA) is 183 Å². The average molecular weight is 900 g/mol. The molecule has 1 heterocycles. The van der Waals surface area contributed by atoms with E-state index in [0.29, 0.717) is 41.4 Å². The predicted molar refractivity (Wildman–Crippen MR) is 243 cm³/mol. The number of aliphatic hydroxyl groups is 3. The number of non-ortho nitro benzene ring substituents is 1. The van der Waals surface area contributed by atoms with E-state index in [1.807, 2.05) is 47.6 Å². The van der Waals surface area contributed by atoms with Gasteiger partial charge in [-0.3, -0.25) is 14.9 Å². The number of allylic oxidation sites excluding steroid dienone is 1. The second-order valence-electron chi connectivity index (χ2n) is 16.9. The lowest BCUT2D eigenvalue weighted by molar-refractivity contribution is -0.384. The maximum absolute atomic E-state index is 14.6. The van der Waals surface area contributed by atoms with Crippen molar-refractivity contribution in [2.75, 3.05) is 52.4 Å². The number of hydrogen-bond acceptors (Lipinski definition) is 13. The summed E-state index contributed by atoms with van der Waals surface area (Å²) in [6.07, 6.45) is 12.2. The van der Waals surface area contributed by atoms with Gasteiger partial charge in [-0.2, -0.15) is 0 Å². The third-order valence-corrected chi connectivity index (χ3v) is 13.5. The molecule has 7 rings (SSSR count). The number of ether oxygens (including phenoxy) is 4. The van der Waals surface area contributed by atoms with E-state index in [9.17, 15) is 30.2 Å². The van der Waals surface area contributed by atoms with E-state index < -0.39 is 22.7 Å². The molecule has 6 atom stereocenters. The SMILES string of the molecule is C=CCOC12Oc3ccc(Oc4ccc(SC)cc4)cc3C3C(CCCCO)C(CCCCO)C=C(C(=NOCc4ccc([N+](=O)[O-])cc4)CC1N(CCOCCO)C(=O)C1CC1)C32. The number of amides is 1. The lowest BCUT2D eigenvalue weighted by atomic mass is 9.55. The molecule has 2 fully saturated rings. The standard InChI is InChI=1S/C49H61N3O11S/c1-3-26-60-49-45(51(22-27-59-28-25-55)48(56)34-12-13-34)31-43(50-61-32-33-10-14-36(15-11-33)52(57)58)41-29-35(8-4-6-23-53)40(9-5-7-24-54)46(47(41)49)42-30-38(18-21-44(42)63-49)62-37-16-19-39(64-2)20-17-37/h3,10-11,14-21,29-30,34-35,40,45-47,53-55H,1,4-9,12-13,22-28,31-32H2,2H3. The smallest absolute Gasteiger partial charge is 0.269 e. The number of thioether (sulfide) groups is 1. The number of benzene rings is 3. The summed E-state index contributed by atoms with van der Waals surface area (Å²) in [5.41, 5.74) is 3.14. The van der Waals surface area contributed by atoms with Crippen molar-refractivity contribution in [2.45, 2.75) is 87.0 Å². The van der Waals surface area contributed by atoms with Crippen LogP contribution in [0.15, 0.2) is 101 Å². The number of unbranched alkanes of at least 4 members (excludes halogenated alkanes) is 2. The van der Waals surface area contributed by atoms with Crippen molar-refractivity contribution in [3.05, 3.63) is 112 Å². The molecule has 1 aliphatic heterocycles. The number of nitro benzene ring substituents is 1. The summed E-state index contributed by atoms with van der Waals surface area (Å²) in [4.78, 5) is 34.7. The first kappa shape index (κ1) is 47.2. The van der Waals surface area contributed by atoms with E-state index in [4.69, 9.17) is 28.9 Å². The summed E-state index contributed by atoms with van der Waals surface area (Å²) in [5.74, 6) is -0.388. The number of carbonyl (C=O) groups excluding carboxylic acids is 1. The Balaban J connectivity index is 1.40. The highest BCUT2D eigenvalue weighted by atomic mass is 32.2. The molecule has 14 nitrogen and oxygen atoms in total. The first-order valence-electron chi connectivity index (χ1n) is 22.5. The quantitative estimate of drug-likeness (QED) is 0.0244. The molecular weight excluding hydrogens is 839 g/mol. The van der Waals surface area contributed by atoms with E-state index in [1.54, 1.807) is 30.0 Å². The largest absolute Gasteiger partial charge is 0.459 e. The van der Waals surface area contributed by atoms with E-state index in [1.165, 1.54) is 12.1 Å². The van der Waals surface area contributed by atoms with Crippen LogP contribution in [0.25, 0.3) is 0 Å². The Bertz CT molecular complexity index is 2110. The molecule has 3 aromatic carbocycles. The fourth-order valence-electron chi connectivity index (χ4n) is 9.70. The first-order valence-corrected chi connectivity index (χ1v) is 23.7. The van der Waals surface area contributed by atoms with Crippen LogP contribution in [0.1, 0.15) is 74.8 Å². The zero-order valence-corrected chi connectivity index (χ0v) is 37.4. The summed E-state index contributed by atoms with van der Waals surface area (Å²) in [7, 11) is 0. The van der Waals surface area contributed by atoms with Gasteiger partial charge < -0.3 is 44.0 Å². The van der Waals surface area contributed by atoms with Crippen LogP contribution in [-0.4, -0.2) is 101 Å². The van der Waals surface area contributed by atoms with Gasteiger partial charge in [-0.05, 0) is 122 Å². The summed E-state index contributed by atoms with van der Waals surface area (Å²) in [6, 6.07) is 19.3. The molecular formula is C49H61N3O11S. The molecule has 64 heavy (non-hydrogen) atoms. The molecule has 3 aliphatic carbocycles. The van der Waals surface area contributed by atoms with Gasteiger partial charge in [0, 0.05) is 60.6 Å². The number of oxime groups is 1. The monoisotopic (exact) mass is 899 g/mol. The van der Waals surface area contributed by atoms with Crippen molar-refractivity contribution in [2.24, 2.45) is 28.8 Å². The Hall–Kier alpha value is -4.77. The van der Waals surface area contributed by atoms with E-state index in [0.717, 1.165) is 54.6 Å². The van der Waals surface area contributed by atoms with Crippen LogP contribution in [0.2, 0.25) is 0 Å². The summed E-state index contributed by atoms with van der Waals surface area (Å²) < 4.78 is 26.8. The molecule has 1 amide bonds. The molecule has 0 spiro atoms. The molecule has 344 valence electrons. The molecule has 3 N–H and O–H groups in total. The van der Waals surface area contributed by atoms with Crippen molar-refractivity contribution >= 4 is 29.1 Å².